The van der Waals surface area contributed by atoms with Gasteiger partial charge in [0.2, 0.25) is 0 Å². The fraction of sp³-hybridized carbons (Fsp3) is 0.500. The third-order valence-electron chi connectivity index (χ3n) is 3.73. The van der Waals surface area contributed by atoms with E-state index in [2.05, 4.69) is 0 Å². The van der Waals surface area contributed by atoms with Crippen molar-refractivity contribution in [3.8, 4) is 0 Å². The maximum atomic E-state index is 12.1. The number of anilines is 1. The number of nitrogens with zero attached hydrogens (tertiary/aromatic N) is 3. The molecule has 0 bridgehead atoms. The number of hydrogen-bond acceptors (Lipinski definition) is 5. The van der Waals surface area contributed by atoms with Crippen LogP contribution in [0.25, 0.3) is 0 Å². The van der Waals surface area contributed by atoms with Crippen molar-refractivity contribution >= 4 is 33.5 Å². The lowest BCUT2D eigenvalue weighted by molar-refractivity contribution is 0.0601. The highest BCUT2D eigenvalue weighted by atomic mass is 35.5. The van der Waals surface area contributed by atoms with Crippen LogP contribution in [0.1, 0.15) is 10.4 Å². The van der Waals surface area contributed by atoms with Gasteiger partial charge in [-0.2, -0.15) is 17.0 Å². The molecule has 1 aliphatic heterocycles. The first-order valence-electron chi connectivity index (χ1n) is 7.07. The number of ether oxygens (including phenoxy) is 1. The lowest BCUT2D eigenvalue weighted by atomic mass is 10.1. The molecule has 1 aromatic rings. The molecule has 0 N–H and O–H groups in total. The molecule has 0 aromatic heterocycles. The molecule has 23 heavy (non-hydrogen) atoms. The Morgan fingerprint density at radius 2 is 1.83 bits per heavy atom. The lowest BCUT2D eigenvalue weighted by Crippen LogP contribution is -2.51. The average Bonchev–Trinajstić information content (AvgIpc) is 2.54. The van der Waals surface area contributed by atoms with E-state index in [0.29, 0.717) is 42.5 Å². The van der Waals surface area contributed by atoms with Crippen LogP contribution in [0.2, 0.25) is 5.02 Å². The molecule has 2 rings (SSSR count). The minimum atomic E-state index is -3.41. The zero-order chi connectivity index (χ0) is 17.2. The molecule has 0 atom stereocenters. The van der Waals surface area contributed by atoms with Crippen LogP contribution < -0.4 is 4.90 Å². The summed E-state index contributed by atoms with van der Waals surface area (Å²) in [5.74, 6) is -0.434. The third-order valence-corrected chi connectivity index (χ3v) is 5.99. The maximum absolute atomic E-state index is 12.1. The number of esters is 1. The Hall–Kier alpha value is -1.35. The Balaban J connectivity index is 2.16. The molecule has 128 valence electrons. The maximum Gasteiger partial charge on any atom is 0.337 e. The van der Waals surface area contributed by atoms with Crippen LogP contribution in [0.15, 0.2) is 18.2 Å². The summed E-state index contributed by atoms with van der Waals surface area (Å²) in [6.45, 7) is 1.72. The van der Waals surface area contributed by atoms with Gasteiger partial charge in [0.15, 0.2) is 0 Å². The van der Waals surface area contributed by atoms with Crippen molar-refractivity contribution in [3.05, 3.63) is 28.8 Å². The first-order chi connectivity index (χ1) is 10.8. The quantitative estimate of drug-likeness (QED) is 0.750. The summed E-state index contributed by atoms with van der Waals surface area (Å²) in [5.41, 5.74) is 1.12. The Morgan fingerprint density at radius 1 is 1.22 bits per heavy atom. The Bertz CT molecular complexity index is 685. The van der Waals surface area contributed by atoms with E-state index in [0.717, 1.165) is 0 Å². The molecule has 1 aromatic carbocycles. The van der Waals surface area contributed by atoms with Crippen molar-refractivity contribution in [3.63, 3.8) is 0 Å². The van der Waals surface area contributed by atoms with Crippen molar-refractivity contribution < 1.29 is 17.9 Å². The summed E-state index contributed by atoms with van der Waals surface area (Å²) in [6, 6.07) is 4.92. The Labute approximate surface area is 141 Å². The van der Waals surface area contributed by atoms with E-state index < -0.39 is 16.2 Å². The zero-order valence-electron chi connectivity index (χ0n) is 13.3. The second kappa shape index (κ2) is 7.04. The largest absolute Gasteiger partial charge is 0.465 e. The van der Waals surface area contributed by atoms with Crippen LogP contribution in [0.4, 0.5) is 5.69 Å². The van der Waals surface area contributed by atoms with E-state index in [9.17, 15) is 13.2 Å². The molecule has 0 spiro atoms. The monoisotopic (exact) mass is 361 g/mol. The summed E-state index contributed by atoms with van der Waals surface area (Å²) in [4.78, 5) is 13.6. The number of piperazine rings is 1. The number of methoxy groups -OCH3 is 1. The lowest BCUT2D eigenvalue weighted by Gasteiger charge is -2.36. The minimum absolute atomic E-state index is 0.360. The molecular weight excluding hydrogens is 342 g/mol. The highest BCUT2D eigenvalue weighted by molar-refractivity contribution is 7.86. The molecule has 7 nitrogen and oxygen atoms in total. The van der Waals surface area contributed by atoms with Gasteiger partial charge >= 0.3 is 5.97 Å². The van der Waals surface area contributed by atoms with Crippen LogP contribution in [-0.4, -0.2) is 70.4 Å². The number of carbonyl (C=O) groups excluding carboxylic acids is 1. The van der Waals surface area contributed by atoms with Crippen molar-refractivity contribution in [2.45, 2.75) is 0 Å². The molecular formula is C14H20ClN3O4S. The van der Waals surface area contributed by atoms with Gasteiger partial charge in [-0.25, -0.2) is 4.79 Å². The molecule has 0 radical (unpaired) electrons. The van der Waals surface area contributed by atoms with Gasteiger partial charge in [0.25, 0.3) is 10.2 Å². The van der Waals surface area contributed by atoms with E-state index in [1.807, 2.05) is 4.90 Å². The molecule has 0 saturated carbocycles. The van der Waals surface area contributed by atoms with Crippen LogP contribution in [0, 0.1) is 0 Å². The fourth-order valence-corrected chi connectivity index (χ4v) is 3.71. The summed E-state index contributed by atoms with van der Waals surface area (Å²) >= 11 is 6.22. The first-order valence-corrected chi connectivity index (χ1v) is 8.85. The number of halogens is 1. The third kappa shape index (κ3) is 3.77. The molecule has 1 aliphatic rings. The first kappa shape index (κ1) is 18.0. The normalized spacial score (nSPS) is 16.7. The molecule has 9 heteroatoms. The topological polar surface area (TPSA) is 70.2 Å². The highest BCUT2D eigenvalue weighted by Gasteiger charge is 2.29. The molecule has 0 amide bonds. The second-order valence-electron chi connectivity index (χ2n) is 5.33. The number of rotatable bonds is 4. The van der Waals surface area contributed by atoms with E-state index in [-0.39, 0.29) is 0 Å². The molecule has 0 aliphatic carbocycles. The van der Waals surface area contributed by atoms with Crippen molar-refractivity contribution in [1.29, 1.82) is 0 Å². The van der Waals surface area contributed by atoms with Crippen LogP contribution >= 0.6 is 11.6 Å². The SMILES string of the molecule is COC(=O)c1ccc(Cl)c(N2CCN(S(=O)(=O)N(C)C)CC2)c1. The van der Waals surface area contributed by atoms with Gasteiger partial charge in [-0.1, -0.05) is 11.6 Å². The standard InChI is InChI=1S/C14H20ClN3O4S/c1-16(2)23(20,21)18-8-6-17(7-9-18)13-10-11(14(19)22-3)4-5-12(13)15/h4-5,10H,6-9H2,1-3H3. The van der Waals surface area contributed by atoms with Gasteiger partial charge < -0.3 is 9.64 Å². The predicted octanol–water partition coefficient (Wildman–Crippen LogP) is 1.05. The number of hydrogen-bond donors (Lipinski definition) is 0. The second-order valence-corrected chi connectivity index (χ2v) is 7.88. The predicted molar refractivity (Wildman–Crippen MR) is 89.2 cm³/mol. The summed E-state index contributed by atoms with van der Waals surface area (Å²) in [5, 5.41) is 0.515. The van der Waals surface area contributed by atoms with Crippen molar-refractivity contribution in [2.75, 3.05) is 52.3 Å². The fourth-order valence-electron chi connectivity index (χ4n) is 2.39. The summed E-state index contributed by atoms with van der Waals surface area (Å²) in [7, 11) is 0.937. The summed E-state index contributed by atoms with van der Waals surface area (Å²) in [6.07, 6.45) is 0. The average molecular weight is 362 g/mol. The van der Waals surface area contributed by atoms with Crippen LogP contribution in [0.5, 0.6) is 0 Å². The number of carbonyl (C=O) groups is 1. The van der Waals surface area contributed by atoms with Crippen molar-refractivity contribution in [1.82, 2.24) is 8.61 Å². The van der Waals surface area contributed by atoms with Gasteiger partial charge in [0.1, 0.15) is 0 Å². The van der Waals surface area contributed by atoms with Crippen LogP contribution in [0.3, 0.4) is 0 Å². The van der Waals surface area contributed by atoms with E-state index in [1.165, 1.54) is 29.8 Å². The highest BCUT2D eigenvalue weighted by Crippen LogP contribution is 2.28. The molecule has 1 saturated heterocycles. The van der Waals surface area contributed by atoms with E-state index in [1.54, 1.807) is 18.2 Å². The molecule has 1 fully saturated rings. The van der Waals surface area contributed by atoms with Gasteiger partial charge in [0, 0.05) is 40.3 Å². The van der Waals surface area contributed by atoms with Crippen LogP contribution in [-0.2, 0) is 14.9 Å². The summed E-state index contributed by atoms with van der Waals surface area (Å²) < 4.78 is 31.6. The van der Waals surface area contributed by atoms with Gasteiger partial charge in [-0.15, -0.1) is 0 Å². The number of benzene rings is 1. The van der Waals surface area contributed by atoms with Crippen molar-refractivity contribution in [2.24, 2.45) is 0 Å². The van der Waals surface area contributed by atoms with E-state index >= 15 is 0 Å². The Kier molecular flexibility index (Phi) is 5.51. The molecule has 0 unspecified atom stereocenters. The Morgan fingerprint density at radius 3 is 2.35 bits per heavy atom. The van der Waals surface area contributed by atoms with Gasteiger partial charge in [-0.05, 0) is 18.2 Å². The smallest absolute Gasteiger partial charge is 0.337 e. The zero-order valence-corrected chi connectivity index (χ0v) is 14.9. The van der Waals surface area contributed by atoms with E-state index in [4.69, 9.17) is 16.3 Å². The molecule has 1 heterocycles. The minimum Gasteiger partial charge on any atom is -0.465 e. The van der Waals surface area contributed by atoms with Gasteiger partial charge in [-0.3, -0.25) is 0 Å². The van der Waals surface area contributed by atoms with Gasteiger partial charge in [0.05, 0.1) is 23.4 Å².